The summed E-state index contributed by atoms with van der Waals surface area (Å²) in [5, 5.41) is 2.85. The Morgan fingerprint density at radius 2 is 2.14 bits per heavy atom. The van der Waals surface area contributed by atoms with Gasteiger partial charge in [0, 0.05) is 31.2 Å². The number of methoxy groups -OCH3 is 1. The third-order valence-corrected chi connectivity index (χ3v) is 3.78. The standard InChI is InChI=1S/C16H23N3O3/c1-11(17)7-8-18-16(21)12-9-15(20)19(10-12)13-3-5-14(22-2)6-4-13/h3-6,11-12H,7-10,17H2,1-2H3,(H,18,21). The van der Waals surface area contributed by atoms with E-state index < -0.39 is 0 Å². The van der Waals surface area contributed by atoms with E-state index >= 15 is 0 Å². The van der Waals surface area contributed by atoms with Gasteiger partial charge in [0.15, 0.2) is 0 Å². The average molecular weight is 305 g/mol. The molecule has 120 valence electrons. The first-order chi connectivity index (χ1) is 10.5. The summed E-state index contributed by atoms with van der Waals surface area (Å²) in [4.78, 5) is 25.9. The zero-order valence-corrected chi connectivity index (χ0v) is 13.0. The molecule has 6 nitrogen and oxygen atoms in total. The number of carbonyl (C=O) groups excluding carboxylic acids is 2. The second-order valence-corrected chi connectivity index (χ2v) is 5.66. The van der Waals surface area contributed by atoms with Crippen molar-refractivity contribution in [2.45, 2.75) is 25.8 Å². The second kappa shape index (κ2) is 7.26. The van der Waals surface area contributed by atoms with Gasteiger partial charge in [0.25, 0.3) is 0 Å². The van der Waals surface area contributed by atoms with Crippen molar-refractivity contribution in [2.24, 2.45) is 11.7 Å². The zero-order chi connectivity index (χ0) is 16.1. The van der Waals surface area contributed by atoms with Gasteiger partial charge in [-0.25, -0.2) is 0 Å². The molecule has 0 bridgehead atoms. The van der Waals surface area contributed by atoms with Crippen molar-refractivity contribution in [1.29, 1.82) is 0 Å². The predicted octanol–water partition coefficient (Wildman–Crippen LogP) is 0.902. The summed E-state index contributed by atoms with van der Waals surface area (Å²) in [5.74, 6) is 0.325. The van der Waals surface area contributed by atoms with Gasteiger partial charge in [0.2, 0.25) is 11.8 Å². The number of carbonyl (C=O) groups is 2. The molecule has 1 aromatic rings. The number of anilines is 1. The largest absolute Gasteiger partial charge is 0.497 e. The van der Waals surface area contributed by atoms with Crippen LogP contribution in [-0.2, 0) is 9.59 Å². The maximum absolute atomic E-state index is 12.1. The summed E-state index contributed by atoms with van der Waals surface area (Å²) in [6, 6.07) is 7.32. The van der Waals surface area contributed by atoms with Crippen LogP contribution in [0.2, 0.25) is 0 Å². The van der Waals surface area contributed by atoms with E-state index in [0.717, 1.165) is 17.9 Å². The third-order valence-electron chi connectivity index (χ3n) is 3.78. The maximum atomic E-state index is 12.1. The van der Waals surface area contributed by atoms with Gasteiger partial charge >= 0.3 is 0 Å². The van der Waals surface area contributed by atoms with E-state index in [1.807, 2.05) is 19.1 Å². The van der Waals surface area contributed by atoms with Gasteiger partial charge in [0.1, 0.15) is 5.75 Å². The molecule has 1 aliphatic rings. The fraction of sp³-hybridized carbons (Fsp3) is 0.500. The van der Waals surface area contributed by atoms with E-state index in [9.17, 15) is 9.59 Å². The summed E-state index contributed by atoms with van der Waals surface area (Å²) in [5.41, 5.74) is 6.44. The van der Waals surface area contributed by atoms with Crippen LogP contribution in [0.5, 0.6) is 5.75 Å². The minimum atomic E-state index is -0.303. The lowest BCUT2D eigenvalue weighted by Crippen LogP contribution is -2.35. The third kappa shape index (κ3) is 3.98. The quantitative estimate of drug-likeness (QED) is 0.818. The molecule has 1 aliphatic heterocycles. The summed E-state index contributed by atoms with van der Waals surface area (Å²) in [7, 11) is 1.60. The molecular weight excluding hydrogens is 282 g/mol. The van der Waals surface area contributed by atoms with Crippen molar-refractivity contribution in [3.8, 4) is 5.75 Å². The smallest absolute Gasteiger partial charge is 0.227 e. The van der Waals surface area contributed by atoms with E-state index in [4.69, 9.17) is 10.5 Å². The Morgan fingerprint density at radius 3 is 2.73 bits per heavy atom. The molecule has 1 saturated heterocycles. The van der Waals surface area contributed by atoms with Crippen LogP contribution in [0, 0.1) is 5.92 Å². The van der Waals surface area contributed by atoms with Crippen LogP contribution in [0.4, 0.5) is 5.69 Å². The molecule has 0 saturated carbocycles. The van der Waals surface area contributed by atoms with Crippen LogP contribution in [0.15, 0.2) is 24.3 Å². The van der Waals surface area contributed by atoms with Gasteiger partial charge in [-0.2, -0.15) is 0 Å². The van der Waals surface area contributed by atoms with E-state index in [1.54, 1.807) is 24.1 Å². The number of rotatable bonds is 6. The van der Waals surface area contributed by atoms with Crippen LogP contribution < -0.4 is 20.7 Å². The highest BCUT2D eigenvalue weighted by Gasteiger charge is 2.34. The van der Waals surface area contributed by atoms with Crippen molar-refractivity contribution in [3.63, 3.8) is 0 Å². The molecule has 22 heavy (non-hydrogen) atoms. The molecule has 2 atom stereocenters. The highest BCUT2D eigenvalue weighted by molar-refractivity contribution is 6.00. The Hall–Kier alpha value is -2.08. The van der Waals surface area contributed by atoms with Gasteiger partial charge in [-0.05, 0) is 37.6 Å². The van der Waals surface area contributed by atoms with Crippen LogP contribution in [-0.4, -0.2) is 38.1 Å². The number of nitrogens with two attached hydrogens (primary N) is 1. The van der Waals surface area contributed by atoms with Gasteiger partial charge in [-0.15, -0.1) is 0 Å². The van der Waals surface area contributed by atoms with Crippen molar-refractivity contribution in [1.82, 2.24) is 5.32 Å². The summed E-state index contributed by atoms with van der Waals surface area (Å²) >= 11 is 0. The van der Waals surface area contributed by atoms with Crippen molar-refractivity contribution in [2.75, 3.05) is 25.1 Å². The van der Waals surface area contributed by atoms with Gasteiger partial charge in [-0.1, -0.05) is 0 Å². The van der Waals surface area contributed by atoms with Crippen molar-refractivity contribution < 1.29 is 14.3 Å². The SMILES string of the molecule is COc1ccc(N2CC(C(=O)NCCC(C)N)CC2=O)cc1. The lowest BCUT2D eigenvalue weighted by atomic mass is 10.1. The molecule has 2 amide bonds. The van der Waals surface area contributed by atoms with E-state index in [1.165, 1.54) is 0 Å². The lowest BCUT2D eigenvalue weighted by molar-refractivity contribution is -0.126. The molecule has 0 aliphatic carbocycles. The normalized spacial score (nSPS) is 19.1. The summed E-state index contributed by atoms with van der Waals surface area (Å²) in [6.07, 6.45) is 0.977. The molecule has 6 heteroatoms. The van der Waals surface area contributed by atoms with Crippen molar-refractivity contribution >= 4 is 17.5 Å². The number of amides is 2. The fourth-order valence-electron chi connectivity index (χ4n) is 2.46. The van der Waals surface area contributed by atoms with E-state index in [0.29, 0.717) is 13.1 Å². The van der Waals surface area contributed by atoms with Crippen molar-refractivity contribution in [3.05, 3.63) is 24.3 Å². The second-order valence-electron chi connectivity index (χ2n) is 5.66. The Balaban J connectivity index is 1.93. The highest BCUT2D eigenvalue weighted by atomic mass is 16.5. The monoisotopic (exact) mass is 305 g/mol. The molecule has 0 spiro atoms. The molecule has 1 aromatic carbocycles. The first-order valence-corrected chi connectivity index (χ1v) is 7.49. The van der Waals surface area contributed by atoms with Crippen LogP contribution in [0.3, 0.4) is 0 Å². The maximum Gasteiger partial charge on any atom is 0.227 e. The summed E-state index contributed by atoms with van der Waals surface area (Å²) in [6.45, 7) is 2.86. The molecule has 0 aromatic heterocycles. The zero-order valence-electron chi connectivity index (χ0n) is 13.0. The molecule has 0 radical (unpaired) electrons. The Bertz CT molecular complexity index is 528. The number of nitrogens with zero attached hydrogens (tertiary/aromatic N) is 1. The number of hydrogen-bond acceptors (Lipinski definition) is 4. The van der Waals surface area contributed by atoms with E-state index in [-0.39, 0.29) is 30.2 Å². The first kappa shape index (κ1) is 16.3. The number of hydrogen-bond donors (Lipinski definition) is 2. The molecule has 1 heterocycles. The van der Waals surface area contributed by atoms with Crippen LogP contribution in [0.1, 0.15) is 19.8 Å². The summed E-state index contributed by atoms with van der Waals surface area (Å²) < 4.78 is 5.10. The minimum absolute atomic E-state index is 0.0301. The Kier molecular flexibility index (Phi) is 5.38. The Morgan fingerprint density at radius 1 is 1.45 bits per heavy atom. The Labute approximate surface area is 130 Å². The minimum Gasteiger partial charge on any atom is -0.497 e. The van der Waals surface area contributed by atoms with Gasteiger partial charge < -0.3 is 20.7 Å². The van der Waals surface area contributed by atoms with Gasteiger partial charge in [-0.3, -0.25) is 9.59 Å². The molecule has 2 rings (SSSR count). The van der Waals surface area contributed by atoms with Gasteiger partial charge in [0.05, 0.1) is 13.0 Å². The molecule has 2 unspecified atom stereocenters. The first-order valence-electron chi connectivity index (χ1n) is 7.49. The molecule has 3 N–H and O–H groups in total. The number of benzene rings is 1. The fourth-order valence-corrected chi connectivity index (χ4v) is 2.46. The average Bonchev–Trinajstić information content (AvgIpc) is 2.89. The topological polar surface area (TPSA) is 84.7 Å². The predicted molar refractivity (Wildman–Crippen MR) is 84.7 cm³/mol. The van der Waals surface area contributed by atoms with Crippen LogP contribution in [0.25, 0.3) is 0 Å². The highest BCUT2D eigenvalue weighted by Crippen LogP contribution is 2.26. The molecular formula is C16H23N3O3. The van der Waals surface area contributed by atoms with Crippen LogP contribution >= 0.6 is 0 Å². The number of nitrogens with one attached hydrogen (secondary N) is 1. The number of ether oxygens (including phenoxy) is 1. The lowest BCUT2D eigenvalue weighted by Gasteiger charge is -2.17. The van der Waals surface area contributed by atoms with E-state index in [2.05, 4.69) is 5.32 Å². The molecule has 1 fully saturated rings.